The van der Waals surface area contributed by atoms with Crippen LogP contribution < -0.4 is 0 Å². The fourth-order valence-electron chi connectivity index (χ4n) is 6.84. The summed E-state index contributed by atoms with van der Waals surface area (Å²) in [6.45, 7) is 8.08. The van der Waals surface area contributed by atoms with Gasteiger partial charge in [0.1, 0.15) is 5.65 Å². The fraction of sp³-hybridized carbons (Fsp3) is 0.0851. The third-order valence-electron chi connectivity index (χ3n) is 9.24. The lowest BCUT2D eigenvalue weighted by Gasteiger charge is -2.14. The van der Waals surface area contributed by atoms with E-state index in [4.69, 9.17) is 19.9 Å². The Kier molecular flexibility index (Phi) is 9.09. The van der Waals surface area contributed by atoms with Crippen LogP contribution in [0.5, 0.6) is 0 Å². The van der Waals surface area contributed by atoms with Crippen molar-refractivity contribution in [2.75, 3.05) is 0 Å². The van der Waals surface area contributed by atoms with Crippen LogP contribution in [-0.4, -0.2) is 29.3 Å². The Morgan fingerprint density at radius 2 is 1.06 bits per heavy atom. The van der Waals surface area contributed by atoms with Crippen molar-refractivity contribution in [1.82, 2.24) is 29.3 Å². The SMILES string of the molecule is C/C=C\C(=C/C)c1nc(-c2ccccc2)nc(-c2cc(-c3cccc(-c4nc5ccccn5c4-c4ccccc4)c3)cc(-c3cc(C)nc(C)c3)c2)n1. The van der Waals surface area contributed by atoms with Crippen molar-refractivity contribution in [3.63, 3.8) is 0 Å². The van der Waals surface area contributed by atoms with E-state index in [-0.39, 0.29) is 0 Å². The van der Waals surface area contributed by atoms with Crippen molar-refractivity contribution in [3.8, 4) is 67.5 Å². The summed E-state index contributed by atoms with van der Waals surface area (Å²) in [5, 5.41) is 0. The van der Waals surface area contributed by atoms with Gasteiger partial charge in [-0.3, -0.25) is 9.38 Å². The van der Waals surface area contributed by atoms with Gasteiger partial charge in [-0.1, -0.05) is 103 Å². The van der Waals surface area contributed by atoms with Crippen LogP contribution in [0, 0.1) is 13.8 Å². The van der Waals surface area contributed by atoms with Crippen LogP contribution in [0.15, 0.2) is 158 Å². The molecule has 0 saturated carbocycles. The van der Waals surface area contributed by atoms with E-state index in [0.717, 1.165) is 78.5 Å². The Morgan fingerprint density at radius 1 is 0.491 bits per heavy atom. The molecule has 0 aliphatic carbocycles. The highest BCUT2D eigenvalue weighted by Gasteiger charge is 2.18. The molecule has 0 fully saturated rings. The van der Waals surface area contributed by atoms with Gasteiger partial charge < -0.3 is 0 Å². The van der Waals surface area contributed by atoms with E-state index >= 15 is 0 Å². The molecule has 0 bridgehead atoms. The standard InChI is InChI=1S/C47H38N6/c1-5-16-33(6-2)45-50-46(35-19-11-8-12-20-35)52-47(51-45)41-29-39(28-40(30-41)38-25-31(3)48-32(4)26-38)36-21-15-22-37(27-36)43-44(34-17-9-7-10-18-34)53-24-14-13-23-42(53)49-43/h5-30H,1-4H3/b16-5-,33-6+. The van der Waals surface area contributed by atoms with E-state index in [1.807, 2.05) is 94.5 Å². The smallest absolute Gasteiger partial charge is 0.164 e. The summed E-state index contributed by atoms with van der Waals surface area (Å²) in [4.78, 5) is 24.9. The number of fused-ring (bicyclic) bond motifs is 1. The highest BCUT2D eigenvalue weighted by Crippen LogP contribution is 2.37. The molecular weight excluding hydrogens is 649 g/mol. The molecule has 8 rings (SSSR count). The summed E-state index contributed by atoms with van der Waals surface area (Å²) in [7, 11) is 0. The van der Waals surface area contributed by atoms with Gasteiger partial charge in [0.2, 0.25) is 0 Å². The summed E-state index contributed by atoms with van der Waals surface area (Å²) in [5.41, 5.74) is 14.0. The molecule has 4 aromatic carbocycles. The van der Waals surface area contributed by atoms with Gasteiger partial charge in [-0.25, -0.2) is 19.9 Å². The topological polar surface area (TPSA) is 68.9 Å². The van der Waals surface area contributed by atoms with Crippen molar-refractivity contribution in [2.45, 2.75) is 27.7 Å². The van der Waals surface area contributed by atoms with E-state index < -0.39 is 0 Å². The third kappa shape index (κ3) is 6.83. The average Bonchev–Trinajstić information content (AvgIpc) is 3.60. The van der Waals surface area contributed by atoms with Gasteiger partial charge in [0.15, 0.2) is 17.5 Å². The minimum absolute atomic E-state index is 0.603. The van der Waals surface area contributed by atoms with Crippen LogP contribution in [0.1, 0.15) is 31.1 Å². The van der Waals surface area contributed by atoms with Gasteiger partial charge in [-0.05, 0) is 98.5 Å². The van der Waals surface area contributed by atoms with Gasteiger partial charge in [0, 0.05) is 45.4 Å². The number of rotatable bonds is 8. The lowest BCUT2D eigenvalue weighted by Crippen LogP contribution is -2.02. The van der Waals surface area contributed by atoms with Gasteiger partial charge >= 0.3 is 0 Å². The van der Waals surface area contributed by atoms with Crippen LogP contribution in [0.25, 0.3) is 78.8 Å². The van der Waals surface area contributed by atoms with E-state index in [0.29, 0.717) is 17.5 Å². The molecule has 0 atom stereocenters. The Bertz CT molecular complexity index is 2630. The molecule has 0 unspecified atom stereocenters. The number of nitrogens with zero attached hydrogens (tertiary/aromatic N) is 6. The largest absolute Gasteiger partial charge is 0.299 e. The first-order chi connectivity index (χ1) is 26.0. The molecule has 0 saturated heterocycles. The first-order valence-electron chi connectivity index (χ1n) is 17.8. The predicted octanol–water partition coefficient (Wildman–Crippen LogP) is 11.5. The average molecular weight is 687 g/mol. The molecule has 256 valence electrons. The summed E-state index contributed by atoms with van der Waals surface area (Å²) in [5.74, 6) is 1.85. The second kappa shape index (κ2) is 14.4. The van der Waals surface area contributed by atoms with E-state index in [9.17, 15) is 0 Å². The number of hydrogen-bond donors (Lipinski definition) is 0. The first-order valence-corrected chi connectivity index (χ1v) is 17.8. The molecule has 6 nitrogen and oxygen atoms in total. The maximum absolute atomic E-state index is 5.15. The molecule has 0 aliphatic heterocycles. The summed E-state index contributed by atoms with van der Waals surface area (Å²) in [6, 6.07) is 46.2. The van der Waals surface area contributed by atoms with Crippen molar-refractivity contribution < 1.29 is 0 Å². The molecular formula is C47H38N6. The molecule has 0 radical (unpaired) electrons. The van der Waals surface area contributed by atoms with Gasteiger partial charge in [0.25, 0.3) is 0 Å². The molecule has 0 amide bonds. The Balaban J connectivity index is 1.34. The maximum atomic E-state index is 5.15. The normalized spacial score (nSPS) is 11.8. The lowest BCUT2D eigenvalue weighted by atomic mass is 9.94. The van der Waals surface area contributed by atoms with Crippen molar-refractivity contribution in [3.05, 3.63) is 175 Å². The van der Waals surface area contributed by atoms with Gasteiger partial charge in [-0.2, -0.15) is 0 Å². The van der Waals surface area contributed by atoms with Crippen molar-refractivity contribution >= 4 is 11.2 Å². The molecule has 8 aromatic rings. The summed E-state index contributed by atoms with van der Waals surface area (Å²) < 4.78 is 2.17. The van der Waals surface area contributed by atoms with Gasteiger partial charge in [-0.15, -0.1) is 0 Å². The highest BCUT2D eigenvalue weighted by molar-refractivity contribution is 5.86. The highest BCUT2D eigenvalue weighted by atomic mass is 15.0. The minimum Gasteiger partial charge on any atom is -0.299 e. The molecule has 53 heavy (non-hydrogen) atoms. The first kappa shape index (κ1) is 33.4. The van der Waals surface area contributed by atoms with Crippen molar-refractivity contribution in [2.24, 2.45) is 0 Å². The molecule has 0 spiro atoms. The monoisotopic (exact) mass is 686 g/mol. The number of aromatic nitrogens is 6. The summed E-state index contributed by atoms with van der Waals surface area (Å²) >= 11 is 0. The van der Waals surface area contributed by atoms with E-state index in [1.54, 1.807) is 0 Å². The molecule has 4 heterocycles. The Labute approximate surface area is 310 Å². The van der Waals surface area contributed by atoms with Crippen LogP contribution >= 0.6 is 0 Å². The molecule has 0 aliphatic rings. The van der Waals surface area contributed by atoms with Crippen LogP contribution in [-0.2, 0) is 0 Å². The minimum atomic E-state index is 0.603. The van der Waals surface area contributed by atoms with Gasteiger partial charge in [0.05, 0.1) is 11.4 Å². The zero-order valence-electron chi connectivity index (χ0n) is 30.2. The Hall–Kier alpha value is -6.79. The fourth-order valence-corrected chi connectivity index (χ4v) is 6.84. The zero-order valence-corrected chi connectivity index (χ0v) is 30.2. The second-order valence-electron chi connectivity index (χ2n) is 13.0. The third-order valence-corrected chi connectivity index (χ3v) is 9.24. The second-order valence-corrected chi connectivity index (χ2v) is 13.0. The quantitative estimate of drug-likeness (QED) is 0.149. The van der Waals surface area contributed by atoms with Crippen LogP contribution in [0.3, 0.4) is 0 Å². The van der Waals surface area contributed by atoms with Crippen LogP contribution in [0.2, 0.25) is 0 Å². The number of aryl methyl sites for hydroxylation is 2. The molecule has 4 aromatic heterocycles. The number of imidazole rings is 1. The zero-order chi connectivity index (χ0) is 36.3. The van der Waals surface area contributed by atoms with E-state index in [1.165, 1.54) is 0 Å². The maximum Gasteiger partial charge on any atom is 0.164 e. The summed E-state index contributed by atoms with van der Waals surface area (Å²) in [6.07, 6.45) is 8.15. The number of benzene rings is 4. The Morgan fingerprint density at radius 3 is 1.75 bits per heavy atom. The van der Waals surface area contributed by atoms with E-state index in [2.05, 4.69) is 101 Å². The van der Waals surface area contributed by atoms with Crippen molar-refractivity contribution in [1.29, 1.82) is 0 Å². The number of allylic oxidation sites excluding steroid dienone is 4. The van der Waals surface area contributed by atoms with Crippen LogP contribution in [0.4, 0.5) is 0 Å². The molecule has 0 N–H and O–H groups in total. The predicted molar refractivity (Wildman–Crippen MR) is 217 cm³/mol. The number of pyridine rings is 2. The lowest BCUT2D eigenvalue weighted by molar-refractivity contribution is 1.04. The number of hydrogen-bond acceptors (Lipinski definition) is 5. The molecule has 6 heteroatoms.